The van der Waals surface area contributed by atoms with Crippen molar-refractivity contribution in [2.75, 3.05) is 0 Å². The Bertz CT molecular complexity index is 1170. The van der Waals surface area contributed by atoms with E-state index in [0.29, 0.717) is 12.1 Å². The molecule has 0 amide bonds. The zero-order chi connectivity index (χ0) is 20.3. The van der Waals surface area contributed by atoms with E-state index in [1.807, 2.05) is 59.7 Å². The molecule has 0 spiro atoms. The lowest BCUT2D eigenvalue weighted by Gasteiger charge is -2.08. The zero-order valence-corrected chi connectivity index (χ0v) is 18.8. The largest absolute Gasteiger partial charge is 1.00 e. The number of benzene rings is 2. The number of hydrogen-bond donors (Lipinski definition) is 2. The normalized spacial score (nSPS) is 10.6. The smallest absolute Gasteiger partial charge is 0.356 e. The van der Waals surface area contributed by atoms with Crippen molar-refractivity contribution in [1.29, 1.82) is 0 Å². The molecule has 0 fully saturated rings. The first-order valence-corrected chi connectivity index (χ1v) is 10.8. The van der Waals surface area contributed by atoms with Crippen molar-refractivity contribution in [3.05, 3.63) is 109 Å². The van der Waals surface area contributed by atoms with Crippen LogP contribution in [-0.2, 0) is 11.1 Å². The van der Waals surface area contributed by atoms with E-state index in [9.17, 15) is 14.4 Å². The number of para-hydroxylation sites is 1. The summed E-state index contributed by atoms with van der Waals surface area (Å²) in [5.74, 6) is 0. The van der Waals surface area contributed by atoms with Crippen molar-refractivity contribution in [3.8, 4) is 16.8 Å². The zero-order valence-electron chi connectivity index (χ0n) is 16.4. The summed E-state index contributed by atoms with van der Waals surface area (Å²) in [5, 5.41) is 0.0742. The molecule has 0 atom stereocenters. The minimum Gasteiger partial charge on any atom is -1.00 e. The summed E-state index contributed by atoms with van der Waals surface area (Å²) >= 11 is 0. The second-order valence-corrected chi connectivity index (χ2v) is 8.33. The van der Waals surface area contributed by atoms with Crippen molar-refractivity contribution in [1.82, 2.24) is 0 Å². The van der Waals surface area contributed by atoms with E-state index >= 15 is 0 Å². The fourth-order valence-corrected chi connectivity index (χ4v) is 4.07. The maximum atomic E-state index is 11.7. The van der Waals surface area contributed by atoms with Crippen LogP contribution in [0.3, 0.4) is 0 Å². The van der Waals surface area contributed by atoms with Crippen molar-refractivity contribution in [2.24, 2.45) is 0 Å². The predicted molar refractivity (Wildman–Crippen MR) is 111 cm³/mol. The van der Waals surface area contributed by atoms with Gasteiger partial charge in [0.25, 0.3) is 0 Å². The summed E-state index contributed by atoms with van der Waals surface area (Å²) in [5.41, 5.74) is 3.89. The third kappa shape index (κ3) is 6.01. The highest BCUT2D eigenvalue weighted by Crippen LogP contribution is 2.34. The molecule has 5 nitrogen and oxygen atoms in total. The predicted octanol–water partition coefficient (Wildman–Crippen LogP) is -3.22. The lowest BCUT2D eigenvalue weighted by atomic mass is 10.1. The van der Waals surface area contributed by atoms with Crippen LogP contribution in [-0.4, -0.2) is 9.79 Å². The molecule has 0 unspecified atom stereocenters. The highest BCUT2D eigenvalue weighted by atomic mass is 35.5. The lowest BCUT2D eigenvalue weighted by Crippen LogP contribution is -3.00. The molecule has 4 rings (SSSR count). The number of aromatic nitrogens is 2. The van der Waals surface area contributed by atoms with Crippen LogP contribution >= 0.6 is 7.60 Å². The Morgan fingerprint density at radius 2 is 1.19 bits per heavy atom. The molecule has 0 saturated heterocycles. The number of hydrogen-bond acceptors (Lipinski definition) is 1. The van der Waals surface area contributed by atoms with Gasteiger partial charge in [-0.05, 0) is 17.2 Å². The van der Waals surface area contributed by atoms with Crippen molar-refractivity contribution >= 4 is 12.9 Å². The molecule has 2 heterocycles. The van der Waals surface area contributed by atoms with E-state index in [0.717, 1.165) is 16.8 Å². The first-order chi connectivity index (χ1) is 14.0. The topological polar surface area (TPSA) is 65.3 Å². The maximum absolute atomic E-state index is 11.7. The second-order valence-electron chi connectivity index (χ2n) is 6.76. The molecule has 8 heteroatoms. The van der Waals surface area contributed by atoms with E-state index < -0.39 is 7.60 Å². The molecular formula is C23H21Cl2N2O3P. The van der Waals surface area contributed by atoms with Crippen molar-refractivity contribution < 1.29 is 48.3 Å². The summed E-state index contributed by atoms with van der Waals surface area (Å²) in [7, 11) is -4.30. The van der Waals surface area contributed by atoms with Gasteiger partial charge in [-0.25, -0.2) is 4.57 Å². The summed E-state index contributed by atoms with van der Waals surface area (Å²) in [6, 6.07) is 24.9. The van der Waals surface area contributed by atoms with E-state index in [1.54, 1.807) is 18.2 Å². The van der Waals surface area contributed by atoms with Gasteiger partial charge >= 0.3 is 7.60 Å². The van der Waals surface area contributed by atoms with Gasteiger partial charge < -0.3 is 34.6 Å². The van der Waals surface area contributed by atoms with E-state index in [2.05, 4.69) is 28.8 Å². The number of nitrogens with zero attached hydrogens (tertiary/aromatic N) is 2. The van der Waals surface area contributed by atoms with Gasteiger partial charge in [0.05, 0.1) is 5.30 Å². The Balaban J connectivity index is 0.00000171. The van der Waals surface area contributed by atoms with Crippen LogP contribution in [0.25, 0.3) is 16.8 Å². The molecule has 2 N–H and O–H groups in total. The van der Waals surface area contributed by atoms with Crippen LogP contribution in [0.1, 0.15) is 5.56 Å². The molecule has 0 aliphatic heterocycles. The molecule has 0 bridgehead atoms. The third-order valence-electron chi connectivity index (χ3n) is 4.77. The van der Waals surface area contributed by atoms with Crippen LogP contribution in [0, 0.1) is 0 Å². The molecular weight excluding hydrogens is 454 g/mol. The molecule has 31 heavy (non-hydrogen) atoms. The van der Waals surface area contributed by atoms with Crippen LogP contribution in [0.4, 0.5) is 0 Å². The Morgan fingerprint density at radius 3 is 1.77 bits per heavy atom. The molecule has 0 saturated carbocycles. The van der Waals surface area contributed by atoms with Crippen molar-refractivity contribution in [2.45, 2.75) is 6.54 Å². The Labute approximate surface area is 193 Å². The van der Waals surface area contributed by atoms with Gasteiger partial charge in [-0.2, -0.15) is 4.57 Å². The highest BCUT2D eigenvalue weighted by Gasteiger charge is 2.22. The van der Waals surface area contributed by atoms with Crippen LogP contribution in [0.2, 0.25) is 0 Å². The molecule has 0 aliphatic rings. The van der Waals surface area contributed by atoms with Gasteiger partial charge in [-0.1, -0.05) is 36.4 Å². The Kier molecular flexibility index (Phi) is 8.52. The average molecular weight is 475 g/mol. The van der Waals surface area contributed by atoms with Crippen LogP contribution < -0.4 is 39.3 Å². The summed E-state index contributed by atoms with van der Waals surface area (Å²) in [6.45, 7) is 0.393. The van der Waals surface area contributed by atoms with Gasteiger partial charge in [-0.15, -0.1) is 0 Å². The number of halogens is 2. The molecule has 2 aromatic heterocycles. The Hall–Kier alpha value is -2.53. The van der Waals surface area contributed by atoms with Crippen LogP contribution in [0.5, 0.6) is 0 Å². The number of rotatable bonds is 5. The fourth-order valence-electron chi connectivity index (χ4n) is 3.27. The number of pyridine rings is 2. The lowest BCUT2D eigenvalue weighted by molar-refractivity contribution is -0.688. The van der Waals surface area contributed by atoms with Crippen LogP contribution in [0.15, 0.2) is 104 Å². The highest BCUT2D eigenvalue weighted by molar-refractivity contribution is 7.60. The van der Waals surface area contributed by atoms with Gasteiger partial charge in [0.1, 0.15) is 0 Å². The van der Waals surface area contributed by atoms with E-state index in [-0.39, 0.29) is 30.1 Å². The van der Waals surface area contributed by atoms with Gasteiger partial charge in [0.15, 0.2) is 31.3 Å². The summed E-state index contributed by atoms with van der Waals surface area (Å²) in [4.78, 5) is 19.1. The SMILES string of the molecule is O=P(O)(O)c1ccccc1C[n+]1ccc(-c2cc[n+](-c3ccccc3)cc2)cc1.[Cl-].[Cl-]. The maximum Gasteiger partial charge on any atom is 0.356 e. The molecule has 0 aliphatic carbocycles. The Morgan fingerprint density at radius 1 is 0.677 bits per heavy atom. The summed E-state index contributed by atoms with van der Waals surface area (Å²) in [6.07, 6.45) is 7.90. The van der Waals surface area contributed by atoms with Crippen molar-refractivity contribution in [3.63, 3.8) is 0 Å². The summed E-state index contributed by atoms with van der Waals surface area (Å²) < 4.78 is 15.7. The average Bonchev–Trinajstić information content (AvgIpc) is 2.75. The minimum atomic E-state index is -4.30. The third-order valence-corrected chi connectivity index (χ3v) is 5.83. The minimum absolute atomic E-state index is 0. The monoisotopic (exact) mass is 474 g/mol. The molecule has 4 aromatic rings. The molecule has 160 valence electrons. The standard InChI is InChI=1S/C23H19N2O3P.2ClH/c26-29(27,28)23-9-5-4-6-21(23)18-24-14-10-19(11-15-24)20-12-16-25(17-13-20)22-7-2-1-3-8-22;;/h1-17H,18H2;2*1H. The quantitative estimate of drug-likeness (QED) is 0.236. The van der Waals surface area contributed by atoms with E-state index in [1.165, 1.54) is 6.07 Å². The first kappa shape index (κ1) is 24.7. The van der Waals surface area contributed by atoms with Gasteiger partial charge in [0.2, 0.25) is 5.69 Å². The molecule has 0 radical (unpaired) electrons. The molecule has 2 aromatic carbocycles. The first-order valence-electron chi connectivity index (χ1n) is 9.21. The fraction of sp³-hybridized carbons (Fsp3) is 0.0435. The van der Waals surface area contributed by atoms with E-state index in [4.69, 9.17) is 0 Å². The van der Waals surface area contributed by atoms with Gasteiger partial charge in [0, 0.05) is 42.0 Å². The van der Waals surface area contributed by atoms with Gasteiger partial charge in [-0.3, -0.25) is 4.57 Å². The second kappa shape index (κ2) is 10.7.